The minimum Gasteiger partial charge on any atom is -0.222 e. The smallest absolute Gasteiger partial charge is 0.222 e. The van der Waals surface area contributed by atoms with Gasteiger partial charge in [0, 0.05) is 22.6 Å². The van der Waals surface area contributed by atoms with Gasteiger partial charge in [0.25, 0.3) is 5.82 Å². The van der Waals surface area contributed by atoms with Crippen LogP contribution in [0.25, 0.3) is 39.3 Å². The summed E-state index contributed by atoms with van der Waals surface area (Å²) in [6.07, 6.45) is 4.56. The highest BCUT2D eigenvalue weighted by Gasteiger charge is 2.42. The maximum atomic E-state index is 2.51. The number of aromatic nitrogens is 2. The molecule has 178 valence electrons. The summed E-state index contributed by atoms with van der Waals surface area (Å²) in [6, 6.07) is 35.7. The van der Waals surface area contributed by atoms with Gasteiger partial charge >= 0.3 is 0 Å². The van der Waals surface area contributed by atoms with Crippen LogP contribution in [0.2, 0.25) is 0 Å². The topological polar surface area (TPSA) is 8.81 Å². The quantitative estimate of drug-likeness (QED) is 0.229. The highest BCUT2D eigenvalue weighted by Crippen LogP contribution is 2.43. The molecule has 2 atom stereocenters. The molecular formula is C34H33N2+. The average Bonchev–Trinajstić information content (AvgIpc) is 3.47. The standard InChI is InChI=1S/C34H33N2/c1-23(2)25(4)32-30-13-8-9-14-31(30)34-35(32)21-22-36(34)33-28(26-11-6-5-7-12-26)15-10-16-29(33)27-19-17-24(3)18-20-27/h5-23,25,32H,1-4H3/q+1/t25-,32-/m0/s1. The lowest BCUT2D eigenvalue weighted by atomic mass is 9.86. The van der Waals surface area contributed by atoms with E-state index in [4.69, 9.17) is 0 Å². The maximum absolute atomic E-state index is 2.51. The summed E-state index contributed by atoms with van der Waals surface area (Å²) in [5, 5.41) is 0. The molecule has 0 fully saturated rings. The van der Waals surface area contributed by atoms with Gasteiger partial charge in [0.15, 0.2) is 0 Å². The minimum absolute atomic E-state index is 0.337. The van der Waals surface area contributed by atoms with Crippen LogP contribution in [0, 0.1) is 18.8 Å². The van der Waals surface area contributed by atoms with E-state index >= 15 is 0 Å². The molecule has 0 saturated heterocycles. The van der Waals surface area contributed by atoms with Crippen molar-refractivity contribution in [2.24, 2.45) is 11.8 Å². The van der Waals surface area contributed by atoms with Crippen LogP contribution in [0.15, 0.2) is 109 Å². The van der Waals surface area contributed by atoms with Gasteiger partial charge in [0.05, 0.1) is 5.56 Å². The highest BCUT2D eigenvalue weighted by molar-refractivity contribution is 5.86. The number of aryl methyl sites for hydroxylation is 1. The largest absolute Gasteiger partial charge is 0.295 e. The van der Waals surface area contributed by atoms with Crippen molar-refractivity contribution in [3.63, 3.8) is 0 Å². The van der Waals surface area contributed by atoms with Crippen LogP contribution < -0.4 is 4.57 Å². The normalized spacial score (nSPS) is 15.1. The van der Waals surface area contributed by atoms with Gasteiger partial charge < -0.3 is 0 Å². The van der Waals surface area contributed by atoms with Gasteiger partial charge in [0.1, 0.15) is 24.1 Å². The third-order valence-corrected chi connectivity index (χ3v) is 7.94. The highest BCUT2D eigenvalue weighted by atomic mass is 15.2. The van der Waals surface area contributed by atoms with Crippen LogP contribution in [0.3, 0.4) is 0 Å². The van der Waals surface area contributed by atoms with Crippen LogP contribution in [-0.4, -0.2) is 4.57 Å². The Morgan fingerprint density at radius 3 is 1.97 bits per heavy atom. The molecule has 1 aliphatic heterocycles. The molecule has 1 aliphatic rings. The molecule has 0 N–H and O–H groups in total. The second kappa shape index (κ2) is 8.95. The summed E-state index contributed by atoms with van der Waals surface area (Å²) >= 11 is 0. The first-order valence-corrected chi connectivity index (χ1v) is 13.0. The average molecular weight is 470 g/mol. The lowest BCUT2D eigenvalue weighted by Crippen LogP contribution is -2.41. The number of hydrogen-bond acceptors (Lipinski definition) is 0. The van der Waals surface area contributed by atoms with Gasteiger partial charge in [-0.3, -0.25) is 0 Å². The van der Waals surface area contributed by atoms with E-state index in [1.54, 1.807) is 0 Å². The lowest BCUT2D eigenvalue weighted by molar-refractivity contribution is -0.704. The number of fused-ring (bicyclic) bond motifs is 3. The summed E-state index contributed by atoms with van der Waals surface area (Å²) < 4.78 is 4.94. The van der Waals surface area contributed by atoms with E-state index in [-0.39, 0.29) is 0 Å². The number of hydrogen-bond donors (Lipinski definition) is 0. The molecule has 0 aliphatic carbocycles. The van der Waals surface area contributed by atoms with Gasteiger partial charge in [-0.1, -0.05) is 117 Å². The summed E-state index contributed by atoms with van der Waals surface area (Å²) in [4.78, 5) is 0. The Labute approximate surface area is 214 Å². The van der Waals surface area contributed by atoms with E-state index in [9.17, 15) is 0 Å². The zero-order chi connectivity index (χ0) is 24.8. The predicted molar refractivity (Wildman–Crippen MR) is 149 cm³/mol. The first kappa shape index (κ1) is 22.5. The van der Waals surface area contributed by atoms with Crippen LogP contribution in [0.5, 0.6) is 0 Å². The number of benzene rings is 4. The fraction of sp³-hybridized carbons (Fsp3) is 0.206. The van der Waals surface area contributed by atoms with Crippen molar-refractivity contribution in [1.29, 1.82) is 0 Å². The first-order valence-electron chi connectivity index (χ1n) is 13.0. The summed E-state index contributed by atoms with van der Waals surface area (Å²) in [6.45, 7) is 9.21. The Balaban J connectivity index is 1.65. The van der Waals surface area contributed by atoms with Gasteiger partial charge in [0.2, 0.25) is 0 Å². The Bertz CT molecular complexity index is 1520. The summed E-state index contributed by atoms with van der Waals surface area (Å²) in [5.74, 6) is 2.37. The van der Waals surface area contributed by atoms with E-state index in [0.29, 0.717) is 17.9 Å². The Hall–Kier alpha value is -3.91. The van der Waals surface area contributed by atoms with Crippen LogP contribution in [-0.2, 0) is 0 Å². The Morgan fingerprint density at radius 2 is 1.28 bits per heavy atom. The van der Waals surface area contributed by atoms with Crippen LogP contribution in [0.1, 0.15) is 37.9 Å². The van der Waals surface area contributed by atoms with E-state index in [1.807, 2.05) is 0 Å². The van der Waals surface area contributed by atoms with E-state index in [0.717, 1.165) is 0 Å². The number of nitrogens with zero attached hydrogens (tertiary/aromatic N) is 2. The van der Waals surface area contributed by atoms with Gasteiger partial charge in [-0.25, -0.2) is 4.57 Å². The van der Waals surface area contributed by atoms with Gasteiger partial charge in [-0.2, -0.15) is 4.57 Å². The van der Waals surface area contributed by atoms with Crippen LogP contribution >= 0.6 is 0 Å². The Kier molecular flexibility index (Phi) is 5.60. The molecule has 6 rings (SSSR count). The third kappa shape index (κ3) is 3.60. The molecule has 0 unspecified atom stereocenters. The zero-order valence-electron chi connectivity index (χ0n) is 21.5. The molecule has 5 aromatic rings. The van der Waals surface area contributed by atoms with Gasteiger partial charge in [-0.15, -0.1) is 0 Å². The Morgan fingerprint density at radius 1 is 0.667 bits per heavy atom. The monoisotopic (exact) mass is 469 g/mol. The number of para-hydroxylation sites is 1. The number of imidazole rings is 1. The maximum Gasteiger partial charge on any atom is 0.295 e. The fourth-order valence-corrected chi connectivity index (χ4v) is 5.71. The first-order chi connectivity index (χ1) is 17.5. The van der Waals surface area contributed by atoms with E-state index in [2.05, 4.69) is 146 Å². The van der Waals surface area contributed by atoms with Crippen molar-refractivity contribution in [2.45, 2.75) is 33.7 Å². The van der Waals surface area contributed by atoms with Crippen molar-refractivity contribution < 1.29 is 4.57 Å². The van der Waals surface area contributed by atoms with E-state index in [1.165, 1.54) is 50.5 Å². The SMILES string of the molecule is Cc1ccc(-c2cccc(-c3ccccc3)c2-n2cc[n+]3c2-c2ccccc2[C@@H]3[C@@H](C)C(C)C)cc1. The summed E-state index contributed by atoms with van der Waals surface area (Å²) in [5.41, 5.74) is 10.2. The molecule has 2 heteroatoms. The molecule has 0 saturated carbocycles. The summed E-state index contributed by atoms with van der Waals surface area (Å²) in [7, 11) is 0. The number of rotatable bonds is 5. The van der Waals surface area contributed by atoms with Crippen molar-refractivity contribution in [3.8, 4) is 39.3 Å². The molecule has 0 spiro atoms. The molecule has 0 radical (unpaired) electrons. The molecule has 0 amide bonds. The molecule has 36 heavy (non-hydrogen) atoms. The predicted octanol–water partition coefficient (Wildman–Crippen LogP) is 8.27. The lowest BCUT2D eigenvalue weighted by Gasteiger charge is -2.22. The van der Waals surface area contributed by atoms with Crippen molar-refractivity contribution in [2.75, 3.05) is 0 Å². The molecule has 1 aromatic heterocycles. The molecule has 2 heterocycles. The van der Waals surface area contributed by atoms with Gasteiger partial charge in [-0.05, 0) is 30.0 Å². The molecule has 2 nitrogen and oxygen atoms in total. The van der Waals surface area contributed by atoms with Crippen molar-refractivity contribution in [1.82, 2.24) is 4.57 Å². The minimum atomic E-state index is 0.337. The van der Waals surface area contributed by atoms with Crippen LogP contribution in [0.4, 0.5) is 0 Å². The third-order valence-electron chi connectivity index (χ3n) is 7.94. The zero-order valence-corrected chi connectivity index (χ0v) is 21.5. The van der Waals surface area contributed by atoms with E-state index < -0.39 is 0 Å². The second-order valence-electron chi connectivity index (χ2n) is 10.5. The van der Waals surface area contributed by atoms with Crippen molar-refractivity contribution in [3.05, 3.63) is 121 Å². The van der Waals surface area contributed by atoms with Crippen molar-refractivity contribution >= 4 is 0 Å². The molecule has 4 aromatic carbocycles. The fourth-order valence-electron chi connectivity index (χ4n) is 5.71. The second-order valence-corrected chi connectivity index (χ2v) is 10.5. The molecular weight excluding hydrogens is 436 g/mol. The molecule has 0 bridgehead atoms.